The minimum Gasteiger partial charge on any atom is -0.492 e. The zero-order chi connectivity index (χ0) is 22.6. The number of hydrogen-bond acceptors (Lipinski definition) is 5. The van der Waals surface area contributed by atoms with Crippen molar-refractivity contribution in [2.24, 2.45) is 0 Å². The van der Waals surface area contributed by atoms with Crippen LogP contribution in [0.5, 0.6) is 5.75 Å². The van der Waals surface area contributed by atoms with Crippen LogP contribution in [0, 0.1) is 0 Å². The van der Waals surface area contributed by atoms with Crippen LogP contribution < -0.4 is 15.4 Å². The highest BCUT2D eigenvalue weighted by Gasteiger charge is 2.20. The second-order valence-corrected chi connectivity index (χ2v) is 8.56. The maximum atomic E-state index is 5.87. The SMILES string of the molecule is CCc1cccc(-c2nc3c(N4CCN(CCOc5ccc(N)cc5)CC4)cccc3[nH]2)c1. The maximum absolute atomic E-state index is 5.87. The average Bonchev–Trinajstić information content (AvgIpc) is 3.30. The van der Waals surface area contributed by atoms with Gasteiger partial charge in [-0.15, -0.1) is 0 Å². The predicted molar refractivity (Wildman–Crippen MR) is 136 cm³/mol. The zero-order valence-electron chi connectivity index (χ0n) is 19.1. The lowest BCUT2D eigenvalue weighted by molar-refractivity contribution is 0.200. The van der Waals surface area contributed by atoms with E-state index >= 15 is 0 Å². The molecule has 3 N–H and O–H groups in total. The van der Waals surface area contributed by atoms with Crippen molar-refractivity contribution in [2.75, 3.05) is 50.0 Å². The van der Waals surface area contributed by atoms with Crippen molar-refractivity contribution < 1.29 is 4.74 Å². The molecule has 1 aliphatic rings. The van der Waals surface area contributed by atoms with E-state index in [1.807, 2.05) is 24.3 Å². The highest BCUT2D eigenvalue weighted by Crippen LogP contribution is 2.29. The van der Waals surface area contributed by atoms with Gasteiger partial charge in [0.1, 0.15) is 23.7 Å². The summed E-state index contributed by atoms with van der Waals surface area (Å²) in [5, 5.41) is 0. The highest BCUT2D eigenvalue weighted by atomic mass is 16.5. The van der Waals surface area contributed by atoms with E-state index in [-0.39, 0.29) is 0 Å². The number of nitrogens with two attached hydrogens (primary N) is 1. The Labute approximate surface area is 195 Å². The van der Waals surface area contributed by atoms with Crippen molar-refractivity contribution in [3.63, 3.8) is 0 Å². The summed E-state index contributed by atoms with van der Waals surface area (Å²) in [6.45, 7) is 7.76. The number of para-hydroxylation sites is 1. The minimum atomic E-state index is 0.680. The summed E-state index contributed by atoms with van der Waals surface area (Å²) in [6.07, 6.45) is 1.02. The second kappa shape index (κ2) is 9.55. The van der Waals surface area contributed by atoms with Gasteiger partial charge < -0.3 is 20.4 Å². The molecule has 0 radical (unpaired) electrons. The molecule has 6 heteroatoms. The molecule has 0 atom stereocenters. The fourth-order valence-corrected chi connectivity index (χ4v) is 4.42. The number of ether oxygens (including phenoxy) is 1. The molecule has 0 spiro atoms. The van der Waals surface area contributed by atoms with Crippen LogP contribution in [0.4, 0.5) is 11.4 Å². The Hall–Kier alpha value is -3.51. The number of piperazine rings is 1. The second-order valence-electron chi connectivity index (χ2n) is 8.56. The topological polar surface area (TPSA) is 70.4 Å². The molecule has 0 unspecified atom stereocenters. The van der Waals surface area contributed by atoms with Gasteiger partial charge in [-0.05, 0) is 54.4 Å². The standard InChI is InChI=1S/C27H31N5O/c1-2-20-5-3-6-21(19-20)27-29-24-7-4-8-25(26(24)30-27)32-15-13-31(14-16-32)17-18-33-23-11-9-22(28)10-12-23/h3-12,19H,2,13-18,28H2,1H3,(H,29,30). The van der Waals surface area contributed by atoms with Crippen LogP contribution in [0.15, 0.2) is 66.7 Å². The molecule has 1 fully saturated rings. The maximum Gasteiger partial charge on any atom is 0.138 e. The molecule has 0 bridgehead atoms. The average molecular weight is 442 g/mol. The first-order valence-corrected chi connectivity index (χ1v) is 11.7. The van der Waals surface area contributed by atoms with Gasteiger partial charge in [0.2, 0.25) is 0 Å². The van der Waals surface area contributed by atoms with Gasteiger partial charge in [0.15, 0.2) is 0 Å². The van der Waals surface area contributed by atoms with Gasteiger partial charge in [-0.2, -0.15) is 0 Å². The van der Waals surface area contributed by atoms with E-state index in [0.717, 1.165) is 73.0 Å². The number of hydrogen-bond donors (Lipinski definition) is 2. The van der Waals surface area contributed by atoms with Crippen LogP contribution in [0.25, 0.3) is 22.4 Å². The summed E-state index contributed by atoms with van der Waals surface area (Å²) in [7, 11) is 0. The minimum absolute atomic E-state index is 0.680. The molecule has 3 aromatic carbocycles. The Morgan fingerprint density at radius 1 is 0.970 bits per heavy atom. The van der Waals surface area contributed by atoms with Crippen molar-refractivity contribution in [1.82, 2.24) is 14.9 Å². The molecular weight excluding hydrogens is 410 g/mol. The lowest BCUT2D eigenvalue weighted by atomic mass is 10.1. The number of aromatic nitrogens is 2. The van der Waals surface area contributed by atoms with E-state index in [2.05, 4.69) is 64.2 Å². The quantitative estimate of drug-likeness (QED) is 0.411. The van der Waals surface area contributed by atoms with Gasteiger partial charge in [-0.1, -0.05) is 31.2 Å². The molecule has 0 amide bonds. The number of imidazole rings is 1. The van der Waals surface area contributed by atoms with Crippen molar-refractivity contribution in [3.8, 4) is 17.1 Å². The molecule has 1 aromatic heterocycles. The molecule has 33 heavy (non-hydrogen) atoms. The summed E-state index contributed by atoms with van der Waals surface area (Å²) in [5.41, 5.74) is 12.3. The number of nitrogens with one attached hydrogen (secondary N) is 1. The lowest BCUT2D eigenvalue weighted by Crippen LogP contribution is -2.47. The first-order chi connectivity index (χ1) is 16.2. The lowest BCUT2D eigenvalue weighted by Gasteiger charge is -2.36. The van der Waals surface area contributed by atoms with Gasteiger partial charge >= 0.3 is 0 Å². The summed E-state index contributed by atoms with van der Waals surface area (Å²) in [6, 6.07) is 22.6. The number of nitrogen functional groups attached to an aromatic ring is 1. The van der Waals surface area contributed by atoms with Gasteiger partial charge in [-0.3, -0.25) is 4.90 Å². The van der Waals surface area contributed by atoms with Gasteiger partial charge in [-0.25, -0.2) is 4.98 Å². The number of anilines is 2. The number of benzene rings is 3. The van der Waals surface area contributed by atoms with E-state index in [9.17, 15) is 0 Å². The van der Waals surface area contributed by atoms with Crippen molar-refractivity contribution in [3.05, 3.63) is 72.3 Å². The third-order valence-electron chi connectivity index (χ3n) is 6.37. The Balaban J connectivity index is 1.23. The zero-order valence-corrected chi connectivity index (χ0v) is 19.1. The summed E-state index contributed by atoms with van der Waals surface area (Å²) in [5.74, 6) is 1.81. The fraction of sp³-hybridized carbons (Fsp3) is 0.296. The Bertz CT molecular complexity index is 1210. The van der Waals surface area contributed by atoms with E-state index in [0.29, 0.717) is 6.61 Å². The van der Waals surface area contributed by atoms with E-state index in [4.69, 9.17) is 15.5 Å². The molecular formula is C27H31N5O. The molecule has 6 nitrogen and oxygen atoms in total. The number of nitrogens with zero attached hydrogens (tertiary/aromatic N) is 3. The number of H-pyrrole nitrogens is 1. The van der Waals surface area contributed by atoms with E-state index in [1.54, 1.807) is 0 Å². The number of rotatable bonds is 7. The van der Waals surface area contributed by atoms with Gasteiger partial charge in [0, 0.05) is 44.0 Å². The smallest absolute Gasteiger partial charge is 0.138 e. The van der Waals surface area contributed by atoms with Crippen LogP contribution in [0.2, 0.25) is 0 Å². The predicted octanol–water partition coefficient (Wildman–Crippen LogP) is 4.58. The molecule has 5 rings (SSSR count). The van der Waals surface area contributed by atoms with Crippen LogP contribution in [-0.2, 0) is 6.42 Å². The Morgan fingerprint density at radius 2 is 1.76 bits per heavy atom. The number of aryl methyl sites for hydroxylation is 1. The van der Waals surface area contributed by atoms with Crippen LogP contribution >= 0.6 is 0 Å². The third-order valence-corrected chi connectivity index (χ3v) is 6.37. The van der Waals surface area contributed by atoms with Crippen LogP contribution in [0.1, 0.15) is 12.5 Å². The Kier molecular flexibility index (Phi) is 6.17. The first-order valence-electron chi connectivity index (χ1n) is 11.7. The van der Waals surface area contributed by atoms with Crippen molar-refractivity contribution in [2.45, 2.75) is 13.3 Å². The van der Waals surface area contributed by atoms with Gasteiger partial charge in [0.25, 0.3) is 0 Å². The normalized spacial score (nSPS) is 14.6. The summed E-state index contributed by atoms with van der Waals surface area (Å²) >= 11 is 0. The monoisotopic (exact) mass is 441 g/mol. The molecule has 1 saturated heterocycles. The molecule has 0 saturated carbocycles. The third kappa shape index (κ3) is 4.81. The van der Waals surface area contributed by atoms with E-state index < -0.39 is 0 Å². The van der Waals surface area contributed by atoms with Crippen molar-refractivity contribution >= 4 is 22.4 Å². The van der Waals surface area contributed by atoms with Crippen molar-refractivity contribution in [1.29, 1.82) is 0 Å². The molecule has 0 aliphatic carbocycles. The summed E-state index contributed by atoms with van der Waals surface area (Å²) in [4.78, 5) is 13.4. The molecule has 1 aliphatic heterocycles. The molecule has 2 heterocycles. The largest absolute Gasteiger partial charge is 0.492 e. The molecule has 170 valence electrons. The highest BCUT2D eigenvalue weighted by molar-refractivity contribution is 5.91. The van der Waals surface area contributed by atoms with E-state index in [1.165, 1.54) is 11.3 Å². The number of aromatic amines is 1. The number of fused-ring (bicyclic) bond motifs is 1. The van der Waals surface area contributed by atoms with Crippen LogP contribution in [0.3, 0.4) is 0 Å². The Morgan fingerprint density at radius 3 is 2.55 bits per heavy atom. The fourth-order valence-electron chi connectivity index (χ4n) is 4.42. The summed E-state index contributed by atoms with van der Waals surface area (Å²) < 4.78 is 5.87. The first kappa shape index (κ1) is 21.3. The van der Waals surface area contributed by atoms with Crippen LogP contribution in [-0.4, -0.2) is 54.2 Å². The molecule has 4 aromatic rings. The van der Waals surface area contributed by atoms with Gasteiger partial charge in [0.05, 0.1) is 11.2 Å².